The molecule has 1 aliphatic heterocycles. The lowest BCUT2D eigenvalue weighted by Gasteiger charge is -2.10. The van der Waals surface area contributed by atoms with Gasteiger partial charge >= 0.3 is 0 Å². The van der Waals surface area contributed by atoms with Crippen LogP contribution in [0.15, 0.2) is 39.3 Å². The normalized spacial score (nSPS) is 14.6. The molecule has 3 rings (SSSR count). The van der Waals surface area contributed by atoms with Crippen LogP contribution in [-0.2, 0) is 4.79 Å². The fraction of sp³-hybridized carbons (Fsp3) is 0.286. The lowest BCUT2D eigenvalue weighted by Crippen LogP contribution is -2.15. The Balaban J connectivity index is 1.79. The van der Waals surface area contributed by atoms with Crippen molar-refractivity contribution in [1.29, 1.82) is 0 Å². The molecule has 0 bridgehead atoms. The number of rotatable bonds is 6. The van der Waals surface area contributed by atoms with Crippen LogP contribution in [0.2, 0.25) is 0 Å². The number of hydrogen-bond acceptors (Lipinski definition) is 3. The molecule has 0 saturated carbocycles. The SMILES string of the molecule is Cc1c(Br)cc(Br)c2c1C(=Cc1ccc(OCCCN(C)C)cc1)C(=O)N2. The molecular formula is C21H22Br2N2O2. The van der Waals surface area contributed by atoms with Crippen molar-refractivity contribution in [3.8, 4) is 5.75 Å². The van der Waals surface area contributed by atoms with Gasteiger partial charge in [-0.1, -0.05) is 28.1 Å². The monoisotopic (exact) mass is 492 g/mol. The minimum Gasteiger partial charge on any atom is -0.494 e. The largest absolute Gasteiger partial charge is 0.494 e. The number of ether oxygens (including phenoxy) is 1. The molecule has 0 atom stereocenters. The van der Waals surface area contributed by atoms with E-state index in [1.54, 1.807) is 0 Å². The summed E-state index contributed by atoms with van der Waals surface area (Å²) in [6.07, 6.45) is 2.90. The van der Waals surface area contributed by atoms with Gasteiger partial charge in [0, 0.05) is 26.6 Å². The van der Waals surface area contributed by atoms with Gasteiger partial charge in [-0.25, -0.2) is 0 Å². The molecule has 4 nitrogen and oxygen atoms in total. The highest BCUT2D eigenvalue weighted by Gasteiger charge is 2.28. The third-order valence-corrected chi connectivity index (χ3v) is 5.89. The maximum atomic E-state index is 12.5. The Morgan fingerprint density at radius 3 is 2.52 bits per heavy atom. The summed E-state index contributed by atoms with van der Waals surface area (Å²) in [6, 6.07) is 9.79. The molecule has 142 valence electrons. The second-order valence-corrected chi connectivity index (χ2v) is 8.51. The van der Waals surface area contributed by atoms with Crippen molar-refractivity contribution in [2.24, 2.45) is 0 Å². The molecule has 1 heterocycles. The van der Waals surface area contributed by atoms with Crippen LogP contribution in [0, 0.1) is 6.92 Å². The first-order valence-corrected chi connectivity index (χ1v) is 10.3. The highest BCUT2D eigenvalue weighted by Crippen LogP contribution is 2.43. The van der Waals surface area contributed by atoms with E-state index in [1.165, 1.54) is 0 Å². The molecule has 2 aromatic carbocycles. The van der Waals surface area contributed by atoms with Crippen LogP contribution in [0.5, 0.6) is 5.75 Å². The number of carbonyl (C=O) groups excluding carboxylic acids is 1. The quantitative estimate of drug-likeness (QED) is 0.436. The second kappa shape index (κ2) is 8.59. The van der Waals surface area contributed by atoms with Gasteiger partial charge in [-0.2, -0.15) is 0 Å². The van der Waals surface area contributed by atoms with Gasteiger partial charge in [0.2, 0.25) is 0 Å². The summed E-state index contributed by atoms with van der Waals surface area (Å²) in [7, 11) is 4.11. The van der Waals surface area contributed by atoms with Crippen LogP contribution < -0.4 is 10.1 Å². The summed E-state index contributed by atoms with van der Waals surface area (Å²) >= 11 is 7.09. The predicted molar refractivity (Wildman–Crippen MR) is 118 cm³/mol. The Morgan fingerprint density at radius 2 is 1.85 bits per heavy atom. The highest BCUT2D eigenvalue weighted by molar-refractivity contribution is 9.11. The van der Waals surface area contributed by atoms with E-state index in [2.05, 4.69) is 56.2 Å². The van der Waals surface area contributed by atoms with E-state index in [9.17, 15) is 4.79 Å². The summed E-state index contributed by atoms with van der Waals surface area (Å²) in [5, 5.41) is 2.96. The van der Waals surface area contributed by atoms with Gasteiger partial charge in [0.1, 0.15) is 5.75 Å². The number of hydrogen-bond donors (Lipinski definition) is 1. The van der Waals surface area contributed by atoms with E-state index in [-0.39, 0.29) is 5.91 Å². The number of fused-ring (bicyclic) bond motifs is 1. The van der Waals surface area contributed by atoms with Crippen LogP contribution in [0.1, 0.15) is 23.1 Å². The van der Waals surface area contributed by atoms with E-state index in [4.69, 9.17) is 4.74 Å². The van der Waals surface area contributed by atoms with Crippen molar-refractivity contribution in [2.75, 3.05) is 32.6 Å². The smallest absolute Gasteiger partial charge is 0.256 e. The zero-order valence-corrected chi connectivity index (χ0v) is 18.8. The lowest BCUT2D eigenvalue weighted by molar-refractivity contribution is -0.110. The number of carbonyl (C=O) groups is 1. The fourth-order valence-corrected chi connectivity index (χ4v) is 4.27. The molecule has 1 N–H and O–H groups in total. The molecule has 1 amide bonds. The number of anilines is 1. The molecule has 0 fully saturated rings. The van der Waals surface area contributed by atoms with Crippen molar-refractivity contribution in [3.63, 3.8) is 0 Å². The van der Waals surface area contributed by atoms with Gasteiger partial charge in [0.05, 0.1) is 12.3 Å². The summed E-state index contributed by atoms with van der Waals surface area (Å²) in [5.74, 6) is 0.754. The molecule has 0 saturated heterocycles. The first kappa shape index (κ1) is 20.1. The minimum absolute atomic E-state index is 0.0871. The third kappa shape index (κ3) is 4.62. The van der Waals surface area contributed by atoms with E-state index < -0.39 is 0 Å². The standard InChI is InChI=1S/C21H22Br2N2O2/c1-13-17(22)12-18(23)20-19(13)16(21(26)24-20)11-14-5-7-15(8-6-14)27-10-4-9-25(2)3/h5-8,11-12H,4,9-10H2,1-3H3,(H,24,26). The van der Waals surface area contributed by atoms with Gasteiger partial charge < -0.3 is 15.0 Å². The third-order valence-electron chi connectivity index (χ3n) is 4.44. The number of nitrogens with zero attached hydrogens (tertiary/aromatic N) is 1. The van der Waals surface area contributed by atoms with Gasteiger partial charge in [-0.3, -0.25) is 4.79 Å². The zero-order chi connectivity index (χ0) is 19.6. The highest BCUT2D eigenvalue weighted by atomic mass is 79.9. The van der Waals surface area contributed by atoms with Crippen molar-refractivity contribution >= 4 is 55.1 Å². The predicted octanol–water partition coefficient (Wildman–Crippen LogP) is 5.34. The van der Waals surface area contributed by atoms with Crippen LogP contribution in [0.25, 0.3) is 11.6 Å². The molecule has 0 radical (unpaired) electrons. The maximum Gasteiger partial charge on any atom is 0.256 e. The van der Waals surface area contributed by atoms with Crippen molar-refractivity contribution in [1.82, 2.24) is 4.90 Å². The van der Waals surface area contributed by atoms with Crippen molar-refractivity contribution < 1.29 is 9.53 Å². The second-order valence-electron chi connectivity index (χ2n) is 6.80. The Bertz CT molecular complexity index is 890. The van der Waals surface area contributed by atoms with E-state index in [1.807, 2.05) is 43.3 Å². The summed E-state index contributed by atoms with van der Waals surface area (Å²) in [5.41, 5.74) is 4.44. The summed E-state index contributed by atoms with van der Waals surface area (Å²) in [6.45, 7) is 3.70. The van der Waals surface area contributed by atoms with E-state index >= 15 is 0 Å². The summed E-state index contributed by atoms with van der Waals surface area (Å²) < 4.78 is 7.61. The Kier molecular flexibility index (Phi) is 6.40. The zero-order valence-electron chi connectivity index (χ0n) is 15.6. The number of halogens is 2. The molecule has 0 aromatic heterocycles. The van der Waals surface area contributed by atoms with Gasteiger partial charge in [-0.05, 0) is 78.8 Å². The molecular weight excluding hydrogens is 472 g/mol. The first-order valence-electron chi connectivity index (χ1n) is 8.76. The van der Waals surface area contributed by atoms with Gasteiger partial charge in [0.15, 0.2) is 0 Å². The Labute approximate surface area is 176 Å². The molecule has 2 aromatic rings. The Morgan fingerprint density at radius 1 is 1.15 bits per heavy atom. The van der Waals surface area contributed by atoms with E-state index in [0.29, 0.717) is 12.2 Å². The van der Waals surface area contributed by atoms with Crippen molar-refractivity contribution in [3.05, 3.63) is 56.0 Å². The molecule has 0 unspecified atom stereocenters. The molecule has 0 aliphatic carbocycles. The van der Waals surface area contributed by atoms with Crippen molar-refractivity contribution in [2.45, 2.75) is 13.3 Å². The van der Waals surface area contributed by atoms with Crippen LogP contribution in [0.4, 0.5) is 5.69 Å². The molecule has 6 heteroatoms. The number of benzene rings is 2. The maximum absolute atomic E-state index is 12.5. The molecule has 0 spiro atoms. The summed E-state index contributed by atoms with van der Waals surface area (Å²) in [4.78, 5) is 14.6. The topological polar surface area (TPSA) is 41.6 Å². The Hall–Kier alpha value is -1.63. The minimum atomic E-state index is -0.0871. The number of nitrogens with one attached hydrogen (secondary N) is 1. The number of amides is 1. The molecule has 1 aliphatic rings. The van der Waals surface area contributed by atoms with Crippen LogP contribution >= 0.6 is 31.9 Å². The average molecular weight is 494 g/mol. The van der Waals surface area contributed by atoms with E-state index in [0.717, 1.165) is 50.0 Å². The lowest BCUT2D eigenvalue weighted by atomic mass is 9.99. The fourth-order valence-electron chi connectivity index (χ4n) is 3.01. The molecule has 27 heavy (non-hydrogen) atoms. The van der Waals surface area contributed by atoms with Gasteiger partial charge in [-0.15, -0.1) is 0 Å². The van der Waals surface area contributed by atoms with Crippen LogP contribution in [-0.4, -0.2) is 38.1 Å². The van der Waals surface area contributed by atoms with Gasteiger partial charge in [0.25, 0.3) is 5.91 Å². The average Bonchev–Trinajstić information content (AvgIpc) is 2.95. The van der Waals surface area contributed by atoms with Crippen LogP contribution in [0.3, 0.4) is 0 Å². The first-order chi connectivity index (χ1) is 12.9.